The molecule has 5 aromatic carbocycles. The van der Waals surface area contributed by atoms with E-state index in [1.165, 1.54) is 11.2 Å². The Morgan fingerprint density at radius 2 is 1.00 bits per heavy atom. The number of anilines is 6. The monoisotopic (exact) mass is 436 g/mol. The number of para-hydroxylation sites is 6. The summed E-state index contributed by atoms with van der Waals surface area (Å²) in [6, 6.07) is 44.5. The second-order valence-corrected chi connectivity index (χ2v) is 8.58. The summed E-state index contributed by atoms with van der Waals surface area (Å²) in [5, 5.41) is 0. The van der Waals surface area contributed by atoms with Gasteiger partial charge in [0.2, 0.25) is 0 Å². The minimum atomic E-state index is -0.201. The van der Waals surface area contributed by atoms with E-state index in [0.29, 0.717) is 0 Å². The summed E-state index contributed by atoms with van der Waals surface area (Å²) in [5.74, 6) is 0.865. The zero-order valence-corrected chi connectivity index (χ0v) is 18.5. The van der Waals surface area contributed by atoms with Gasteiger partial charge in [0.15, 0.2) is 0 Å². The van der Waals surface area contributed by atoms with Crippen LogP contribution in [0.3, 0.4) is 0 Å². The Morgan fingerprint density at radius 1 is 0.441 bits per heavy atom. The molecule has 2 aliphatic rings. The third-order valence-corrected chi connectivity index (χ3v) is 6.63. The molecule has 5 aromatic rings. The predicted molar refractivity (Wildman–Crippen MR) is 141 cm³/mol. The zero-order chi connectivity index (χ0) is 22.5. The molecule has 0 bridgehead atoms. The number of hydrogen-bond donors (Lipinski definition) is 0. The number of nitrogens with zero attached hydrogens (tertiary/aromatic N) is 2. The van der Waals surface area contributed by atoms with Gasteiger partial charge in [-0.15, -0.1) is 0 Å². The predicted octanol–water partition coefficient (Wildman–Crippen LogP) is 6.44. The molecule has 0 unspecified atom stereocenters. The van der Waals surface area contributed by atoms with Crippen molar-refractivity contribution in [3.63, 3.8) is 0 Å². The van der Waals surface area contributed by atoms with Crippen molar-refractivity contribution < 1.29 is 4.65 Å². The van der Waals surface area contributed by atoms with Gasteiger partial charge >= 0.3 is 6.92 Å². The molecule has 0 N–H and O–H groups in total. The Morgan fingerprint density at radius 3 is 1.76 bits per heavy atom. The third kappa shape index (κ3) is 2.79. The zero-order valence-electron chi connectivity index (χ0n) is 18.5. The molecule has 0 fully saturated rings. The molecule has 2 aliphatic heterocycles. The highest BCUT2D eigenvalue weighted by Gasteiger charge is 2.42. The first kappa shape index (κ1) is 19.1. The summed E-state index contributed by atoms with van der Waals surface area (Å²) < 4.78 is 6.66. The third-order valence-electron chi connectivity index (χ3n) is 6.63. The number of hydrogen-bond acceptors (Lipinski definition) is 3. The van der Waals surface area contributed by atoms with Crippen LogP contribution < -0.4 is 25.4 Å². The second-order valence-electron chi connectivity index (χ2n) is 8.58. The highest BCUT2D eigenvalue weighted by molar-refractivity contribution is 6.84. The molecule has 34 heavy (non-hydrogen) atoms. The maximum Gasteiger partial charge on any atom is 0.430 e. The van der Waals surface area contributed by atoms with Gasteiger partial charge in [-0.3, -0.25) is 0 Å². The van der Waals surface area contributed by atoms with E-state index >= 15 is 0 Å². The Kier molecular flexibility index (Phi) is 4.24. The Balaban J connectivity index is 1.51. The van der Waals surface area contributed by atoms with E-state index in [1.807, 2.05) is 30.3 Å². The fourth-order valence-corrected chi connectivity index (χ4v) is 5.22. The lowest BCUT2D eigenvalue weighted by Gasteiger charge is -2.45. The van der Waals surface area contributed by atoms with Crippen molar-refractivity contribution in [3.05, 3.63) is 127 Å². The molecule has 0 aliphatic carbocycles. The molecule has 0 spiro atoms. The molecule has 0 radical (unpaired) electrons. The highest BCUT2D eigenvalue weighted by atomic mass is 16.4. The molecular weight excluding hydrogens is 415 g/mol. The van der Waals surface area contributed by atoms with Crippen molar-refractivity contribution in [1.29, 1.82) is 0 Å². The van der Waals surface area contributed by atoms with Crippen LogP contribution in [0.5, 0.6) is 5.75 Å². The Bertz CT molecular complexity index is 1500. The highest BCUT2D eigenvalue weighted by Crippen LogP contribution is 2.54. The molecule has 0 amide bonds. The summed E-state index contributed by atoms with van der Waals surface area (Å²) >= 11 is 0. The fourth-order valence-electron chi connectivity index (χ4n) is 5.22. The number of rotatable bonds is 3. The largest absolute Gasteiger partial charge is 0.551 e. The maximum atomic E-state index is 6.66. The van der Waals surface area contributed by atoms with Crippen LogP contribution in [0.4, 0.5) is 34.1 Å². The topological polar surface area (TPSA) is 15.7 Å². The maximum absolute atomic E-state index is 6.66. The smallest absolute Gasteiger partial charge is 0.430 e. The van der Waals surface area contributed by atoms with E-state index in [-0.39, 0.29) is 6.92 Å². The second kappa shape index (κ2) is 7.56. The van der Waals surface area contributed by atoms with Gasteiger partial charge in [0, 0.05) is 11.4 Å². The average Bonchev–Trinajstić information content (AvgIpc) is 2.91. The van der Waals surface area contributed by atoms with E-state index in [4.69, 9.17) is 4.65 Å². The summed E-state index contributed by atoms with van der Waals surface area (Å²) in [4.78, 5) is 4.76. The van der Waals surface area contributed by atoms with Crippen LogP contribution in [-0.2, 0) is 0 Å². The van der Waals surface area contributed by atoms with Crippen LogP contribution in [0.15, 0.2) is 127 Å². The lowest BCUT2D eigenvalue weighted by Crippen LogP contribution is -2.54. The molecule has 0 saturated carbocycles. The van der Waals surface area contributed by atoms with Crippen molar-refractivity contribution in [3.8, 4) is 5.75 Å². The number of benzene rings is 5. The number of fused-ring (bicyclic) bond motifs is 4. The van der Waals surface area contributed by atoms with Crippen LogP contribution in [0.25, 0.3) is 0 Å². The van der Waals surface area contributed by atoms with Crippen molar-refractivity contribution >= 4 is 52.0 Å². The van der Waals surface area contributed by atoms with Gasteiger partial charge in [-0.05, 0) is 59.5 Å². The van der Waals surface area contributed by atoms with Gasteiger partial charge in [-0.2, -0.15) is 0 Å². The van der Waals surface area contributed by atoms with Crippen LogP contribution in [0.1, 0.15) is 0 Å². The fraction of sp³-hybridized carbons (Fsp3) is 0. The molecule has 4 heteroatoms. The van der Waals surface area contributed by atoms with Crippen molar-refractivity contribution in [2.24, 2.45) is 0 Å². The van der Waals surface area contributed by atoms with Gasteiger partial charge < -0.3 is 14.5 Å². The van der Waals surface area contributed by atoms with Crippen LogP contribution in [0, 0.1) is 0 Å². The summed E-state index contributed by atoms with van der Waals surface area (Å²) in [6.45, 7) is -0.201. The molecular formula is C30H21BN2O. The molecule has 0 atom stereocenters. The van der Waals surface area contributed by atoms with Crippen molar-refractivity contribution in [2.45, 2.75) is 0 Å². The van der Waals surface area contributed by atoms with Crippen LogP contribution in [0.2, 0.25) is 0 Å². The van der Waals surface area contributed by atoms with Gasteiger partial charge in [0.1, 0.15) is 0 Å². The van der Waals surface area contributed by atoms with Gasteiger partial charge in [0.25, 0.3) is 0 Å². The lowest BCUT2D eigenvalue weighted by molar-refractivity contribution is 0.591. The molecule has 0 aromatic heterocycles. The Labute approximate surface area is 199 Å². The van der Waals surface area contributed by atoms with Crippen LogP contribution in [-0.4, -0.2) is 6.92 Å². The summed E-state index contributed by atoms with van der Waals surface area (Å²) in [5.41, 5.74) is 9.27. The van der Waals surface area contributed by atoms with Crippen molar-refractivity contribution in [2.75, 3.05) is 9.80 Å². The van der Waals surface area contributed by atoms with E-state index in [2.05, 4.69) is 107 Å². The molecule has 7 rings (SSSR count). The van der Waals surface area contributed by atoms with Crippen molar-refractivity contribution in [1.82, 2.24) is 0 Å². The van der Waals surface area contributed by atoms with E-state index < -0.39 is 0 Å². The molecule has 160 valence electrons. The van der Waals surface area contributed by atoms with Gasteiger partial charge in [-0.1, -0.05) is 78.9 Å². The summed E-state index contributed by atoms with van der Waals surface area (Å²) in [7, 11) is 0. The van der Waals surface area contributed by atoms with E-state index in [0.717, 1.165) is 39.6 Å². The average molecular weight is 436 g/mol. The molecule has 3 nitrogen and oxygen atoms in total. The first-order valence-corrected chi connectivity index (χ1v) is 11.6. The first-order valence-electron chi connectivity index (χ1n) is 11.6. The van der Waals surface area contributed by atoms with Gasteiger partial charge in [0.05, 0.1) is 28.5 Å². The normalized spacial score (nSPS) is 13.1. The van der Waals surface area contributed by atoms with Gasteiger partial charge in [-0.25, -0.2) is 0 Å². The lowest BCUT2D eigenvalue weighted by atomic mass is 9.52. The standard InChI is InChI=1S/C30H21BN2O/c1-3-12-22(13-4-1)32-27-19-9-10-20-28(27)33-26-18-8-7-16-24(26)31(34-23-14-5-2-6-15-23)25-17-11-21-29(32)30(25)33/h1-21H. The molecule has 2 heterocycles. The molecule has 0 saturated heterocycles. The SMILES string of the molecule is c1ccc(OB2c3ccccc3N3c4ccccc4N(c4ccccc4)c4cccc2c43)cc1. The Hall–Kier alpha value is -4.44. The van der Waals surface area contributed by atoms with E-state index in [1.54, 1.807) is 0 Å². The van der Waals surface area contributed by atoms with Crippen LogP contribution >= 0.6 is 0 Å². The minimum absolute atomic E-state index is 0.201. The minimum Gasteiger partial charge on any atom is -0.551 e. The summed E-state index contributed by atoms with van der Waals surface area (Å²) in [6.07, 6.45) is 0. The quantitative estimate of drug-likeness (QED) is 0.297. The first-order chi connectivity index (χ1) is 16.9. The van der Waals surface area contributed by atoms with E-state index in [9.17, 15) is 0 Å².